The fourth-order valence-electron chi connectivity index (χ4n) is 1.80. The van der Waals surface area contributed by atoms with Gasteiger partial charge in [-0.05, 0) is 12.3 Å². The van der Waals surface area contributed by atoms with Crippen LogP contribution in [0.1, 0.15) is 13.3 Å². The van der Waals surface area contributed by atoms with Gasteiger partial charge in [-0.3, -0.25) is 0 Å². The molecule has 0 aromatic carbocycles. The van der Waals surface area contributed by atoms with Gasteiger partial charge in [-0.15, -0.1) is 0 Å². The zero-order valence-corrected chi connectivity index (χ0v) is 11.1. The second kappa shape index (κ2) is 4.99. The van der Waals surface area contributed by atoms with Gasteiger partial charge in [-0.25, -0.2) is 4.98 Å². The summed E-state index contributed by atoms with van der Waals surface area (Å²) in [5, 5.41) is 0. The number of halogens is 1. The number of nitrogens with zero attached hydrogens (tertiary/aromatic N) is 3. The SMILES string of the molecule is COc1ccnc(N2CCC(C)C(Br)C2)n1. The molecule has 1 aliphatic rings. The van der Waals surface area contributed by atoms with Crippen LogP contribution in [0.4, 0.5) is 5.95 Å². The van der Waals surface area contributed by atoms with Crippen molar-refractivity contribution in [3.8, 4) is 5.88 Å². The summed E-state index contributed by atoms with van der Waals surface area (Å²) < 4.78 is 5.10. The summed E-state index contributed by atoms with van der Waals surface area (Å²) in [5.41, 5.74) is 0. The van der Waals surface area contributed by atoms with Crippen LogP contribution in [0.25, 0.3) is 0 Å². The first-order valence-electron chi connectivity index (χ1n) is 5.46. The van der Waals surface area contributed by atoms with E-state index in [2.05, 4.69) is 37.7 Å². The van der Waals surface area contributed by atoms with E-state index in [1.54, 1.807) is 19.4 Å². The molecule has 5 heteroatoms. The van der Waals surface area contributed by atoms with E-state index in [1.165, 1.54) is 0 Å². The summed E-state index contributed by atoms with van der Waals surface area (Å²) in [4.78, 5) is 11.3. The minimum Gasteiger partial charge on any atom is -0.481 e. The van der Waals surface area contributed by atoms with Crippen LogP contribution in [-0.2, 0) is 0 Å². The van der Waals surface area contributed by atoms with Gasteiger partial charge in [0.1, 0.15) is 0 Å². The van der Waals surface area contributed by atoms with E-state index >= 15 is 0 Å². The van der Waals surface area contributed by atoms with Gasteiger partial charge >= 0.3 is 0 Å². The molecule has 1 aromatic rings. The largest absolute Gasteiger partial charge is 0.481 e. The van der Waals surface area contributed by atoms with Crippen LogP contribution in [0, 0.1) is 5.92 Å². The Morgan fingerprint density at radius 3 is 3.06 bits per heavy atom. The monoisotopic (exact) mass is 285 g/mol. The minimum absolute atomic E-state index is 0.510. The Bertz CT molecular complexity index is 361. The molecule has 2 rings (SSSR count). The van der Waals surface area contributed by atoms with Crippen LogP contribution >= 0.6 is 15.9 Å². The number of rotatable bonds is 2. The highest BCUT2D eigenvalue weighted by Gasteiger charge is 2.25. The Morgan fingerprint density at radius 1 is 1.56 bits per heavy atom. The lowest BCUT2D eigenvalue weighted by molar-refractivity contribution is 0.394. The number of ether oxygens (including phenoxy) is 1. The van der Waals surface area contributed by atoms with E-state index in [4.69, 9.17) is 4.74 Å². The molecule has 4 nitrogen and oxygen atoms in total. The van der Waals surface area contributed by atoms with E-state index < -0.39 is 0 Å². The van der Waals surface area contributed by atoms with Gasteiger partial charge < -0.3 is 9.64 Å². The van der Waals surface area contributed by atoms with Crippen molar-refractivity contribution in [3.05, 3.63) is 12.3 Å². The predicted octanol–water partition coefficient (Wildman–Crippen LogP) is 2.09. The molecule has 0 amide bonds. The van der Waals surface area contributed by atoms with Crippen LogP contribution in [-0.4, -0.2) is 35.0 Å². The third kappa shape index (κ3) is 2.45. The highest BCUT2D eigenvalue weighted by Crippen LogP contribution is 2.25. The minimum atomic E-state index is 0.510. The average Bonchev–Trinajstić information content (AvgIpc) is 2.33. The molecule has 1 aromatic heterocycles. The fourth-order valence-corrected chi connectivity index (χ4v) is 2.42. The molecule has 0 saturated carbocycles. The highest BCUT2D eigenvalue weighted by molar-refractivity contribution is 9.09. The topological polar surface area (TPSA) is 38.2 Å². The number of methoxy groups -OCH3 is 1. The molecule has 16 heavy (non-hydrogen) atoms. The Hall–Kier alpha value is -0.840. The molecule has 0 aliphatic carbocycles. The predicted molar refractivity (Wildman–Crippen MR) is 67.3 cm³/mol. The molecule has 0 N–H and O–H groups in total. The van der Waals surface area contributed by atoms with Gasteiger partial charge in [0.2, 0.25) is 11.8 Å². The first-order chi connectivity index (χ1) is 7.70. The van der Waals surface area contributed by atoms with Crippen molar-refractivity contribution >= 4 is 21.9 Å². The van der Waals surface area contributed by atoms with Crippen molar-refractivity contribution in [3.63, 3.8) is 0 Å². The Kier molecular flexibility index (Phi) is 3.63. The van der Waals surface area contributed by atoms with Gasteiger partial charge in [-0.2, -0.15) is 4.98 Å². The fraction of sp³-hybridized carbons (Fsp3) is 0.636. The lowest BCUT2D eigenvalue weighted by atomic mass is 9.99. The second-order valence-electron chi connectivity index (χ2n) is 4.13. The third-order valence-electron chi connectivity index (χ3n) is 2.98. The number of hydrogen-bond donors (Lipinski definition) is 0. The van der Waals surface area contributed by atoms with Crippen LogP contribution in [0.2, 0.25) is 0 Å². The maximum Gasteiger partial charge on any atom is 0.228 e. The van der Waals surface area contributed by atoms with Crippen molar-refractivity contribution < 1.29 is 4.74 Å². The first-order valence-corrected chi connectivity index (χ1v) is 6.38. The van der Waals surface area contributed by atoms with Crippen LogP contribution in [0.15, 0.2) is 12.3 Å². The van der Waals surface area contributed by atoms with E-state index in [0.29, 0.717) is 16.6 Å². The van der Waals surface area contributed by atoms with Gasteiger partial charge in [0.25, 0.3) is 0 Å². The van der Waals surface area contributed by atoms with E-state index in [-0.39, 0.29) is 0 Å². The van der Waals surface area contributed by atoms with Gasteiger partial charge in [0, 0.05) is 30.2 Å². The number of hydrogen-bond acceptors (Lipinski definition) is 4. The zero-order chi connectivity index (χ0) is 11.5. The maximum absolute atomic E-state index is 5.10. The molecule has 0 radical (unpaired) electrons. The standard InChI is InChI=1S/C11H16BrN3O/c1-8-4-6-15(7-9(8)12)11-13-5-3-10(14-11)16-2/h3,5,8-9H,4,6-7H2,1-2H3. The summed E-state index contributed by atoms with van der Waals surface area (Å²) in [7, 11) is 1.62. The molecule has 2 unspecified atom stereocenters. The number of anilines is 1. The smallest absolute Gasteiger partial charge is 0.228 e. The summed E-state index contributed by atoms with van der Waals surface area (Å²) in [5.74, 6) is 2.09. The normalized spacial score (nSPS) is 25.6. The number of alkyl halides is 1. The van der Waals surface area contributed by atoms with Crippen molar-refractivity contribution in [2.45, 2.75) is 18.2 Å². The summed E-state index contributed by atoms with van der Waals surface area (Å²) in [6.07, 6.45) is 2.90. The lowest BCUT2D eigenvalue weighted by Crippen LogP contribution is -2.41. The first kappa shape index (κ1) is 11.6. The molecule has 1 saturated heterocycles. The van der Waals surface area contributed by atoms with Crippen molar-refractivity contribution in [1.82, 2.24) is 9.97 Å². The molecule has 2 atom stereocenters. The molecular formula is C11H16BrN3O. The van der Waals surface area contributed by atoms with E-state index in [0.717, 1.165) is 25.5 Å². The maximum atomic E-state index is 5.10. The van der Waals surface area contributed by atoms with Gasteiger partial charge in [-0.1, -0.05) is 22.9 Å². The Labute approximate surface area is 104 Å². The van der Waals surface area contributed by atoms with E-state index in [1.807, 2.05) is 0 Å². The van der Waals surface area contributed by atoms with Crippen molar-refractivity contribution in [2.75, 3.05) is 25.1 Å². The molecule has 1 aliphatic heterocycles. The van der Waals surface area contributed by atoms with E-state index in [9.17, 15) is 0 Å². The molecular weight excluding hydrogens is 270 g/mol. The van der Waals surface area contributed by atoms with Crippen molar-refractivity contribution in [1.29, 1.82) is 0 Å². The summed E-state index contributed by atoms with van der Waals surface area (Å²) >= 11 is 3.70. The molecule has 1 fully saturated rings. The molecule has 2 heterocycles. The van der Waals surface area contributed by atoms with Crippen LogP contribution < -0.4 is 9.64 Å². The van der Waals surface area contributed by atoms with Gasteiger partial charge in [0.15, 0.2) is 0 Å². The number of piperidine rings is 1. The number of aromatic nitrogens is 2. The lowest BCUT2D eigenvalue weighted by Gasteiger charge is -2.34. The zero-order valence-electron chi connectivity index (χ0n) is 9.56. The highest BCUT2D eigenvalue weighted by atomic mass is 79.9. The summed E-state index contributed by atoms with van der Waals surface area (Å²) in [6, 6.07) is 1.77. The quantitative estimate of drug-likeness (QED) is 0.780. The van der Waals surface area contributed by atoms with Gasteiger partial charge in [0.05, 0.1) is 7.11 Å². The molecule has 88 valence electrons. The van der Waals surface area contributed by atoms with Crippen LogP contribution in [0.5, 0.6) is 5.88 Å². The van der Waals surface area contributed by atoms with Crippen LogP contribution in [0.3, 0.4) is 0 Å². The summed E-state index contributed by atoms with van der Waals surface area (Å²) in [6.45, 7) is 4.23. The third-order valence-corrected chi connectivity index (χ3v) is 4.17. The van der Waals surface area contributed by atoms with Crippen molar-refractivity contribution in [2.24, 2.45) is 5.92 Å². The Morgan fingerprint density at radius 2 is 2.38 bits per heavy atom. The Balaban J connectivity index is 2.12. The second-order valence-corrected chi connectivity index (χ2v) is 5.30. The molecule has 0 spiro atoms. The molecule has 0 bridgehead atoms. The average molecular weight is 286 g/mol.